The molecule has 2 unspecified atom stereocenters. The summed E-state index contributed by atoms with van der Waals surface area (Å²) in [5, 5.41) is 11.3. The number of hydrogen-bond acceptors (Lipinski definition) is 3. The normalized spacial score (nSPS) is 22.6. The summed E-state index contributed by atoms with van der Waals surface area (Å²) in [6, 6.07) is 3.40. The van der Waals surface area contributed by atoms with Crippen LogP contribution in [-0.2, 0) is 9.59 Å². The Balaban J connectivity index is 1.99. The molecule has 1 aliphatic carbocycles. The topological polar surface area (TPSA) is 79.3 Å². The van der Waals surface area contributed by atoms with Gasteiger partial charge in [-0.3, -0.25) is 9.59 Å². The summed E-state index contributed by atoms with van der Waals surface area (Å²) in [7, 11) is 0. The predicted octanol–water partition coefficient (Wildman–Crippen LogP) is 1.50. The zero-order valence-corrected chi connectivity index (χ0v) is 9.77. The van der Waals surface area contributed by atoms with E-state index in [1.165, 1.54) is 0 Å². The zero-order chi connectivity index (χ0) is 11.7. The van der Waals surface area contributed by atoms with Crippen LogP contribution in [0.2, 0.25) is 0 Å². The van der Waals surface area contributed by atoms with Crippen molar-refractivity contribution in [1.29, 1.82) is 0 Å². The van der Waals surface area contributed by atoms with Crippen molar-refractivity contribution in [2.24, 2.45) is 11.8 Å². The van der Waals surface area contributed by atoms with Gasteiger partial charge in [0.1, 0.15) is 4.60 Å². The van der Waals surface area contributed by atoms with E-state index in [2.05, 4.69) is 26.2 Å². The minimum absolute atomic E-state index is 0.263. The van der Waals surface area contributed by atoms with Crippen LogP contribution >= 0.6 is 15.9 Å². The molecule has 0 radical (unpaired) electrons. The van der Waals surface area contributed by atoms with E-state index in [4.69, 9.17) is 5.11 Å². The van der Waals surface area contributed by atoms with E-state index in [1.54, 1.807) is 18.3 Å². The number of pyridine rings is 1. The largest absolute Gasteiger partial charge is 0.481 e. The van der Waals surface area contributed by atoms with Gasteiger partial charge in [-0.05, 0) is 34.5 Å². The number of anilines is 1. The third-order valence-corrected chi connectivity index (χ3v) is 3.09. The quantitative estimate of drug-likeness (QED) is 0.825. The molecule has 0 aliphatic heterocycles. The van der Waals surface area contributed by atoms with Gasteiger partial charge < -0.3 is 10.4 Å². The molecule has 5 nitrogen and oxygen atoms in total. The van der Waals surface area contributed by atoms with Crippen LogP contribution in [-0.4, -0.2) is 22.0 Å². The minimum atomic E-state index is -0.912. The highest BCUT2D eigenvalue weighted by molar-refractivity contribution is 9.10. The van der Waals surface area contributed by atoms with E-state index in [0.29, 0.717) is 16.7 Å². The maximum Gasteiger partial charge on any atom is 0.307 e. The maximum atomic E-state index is 11.6. The number of carbonyl (C=O) groups excluding carboxylic acids is 1. The summed E-state index contributed by atoms with van der Waals surface area (Å²) in [4.78, 5) is 26.2. The average Bonchev–Trinajstić information content (AvgIpc) is 3.01. The Hall–Kier alpha value is -1.43. The Morgan fingerprint density at radius 1 is 1.50 bits per heavy atom. The molecule has 1 aliphatic rings. The monoisotopic (exact) mass is 284 g/mol. The van der Waals surface area contributed by atoms with Crippen molar-refractivity contribution in [1.82, 2.24) is 4.98 Å². The van der Waals surface area contributed by atoms with Gasteiger partial charge in [0.05, 0.1) is 17.5 Å². The number of halogens is 1. The van der Waals surface area contributed by atoms with Crippen LogP contribution in [0.4, 0.5) is 5.69 Å². The zero-order valence-electron chi connectivity index (χ0n) is 8.18. The molecule has 1 saturated carbocycles. The first-order valence-electron chi connectivity index (χ1n) is 4.74. The van der Waals surface area contributed by atoms with Crippen molar-refractivity contribution in [3.05, 3.63) is 22.9 Å². The number of amides is 1. The lowest BCUT2D eigenvalue weighted by molar-refractivity contribution is -0.139. The molecule has 6 heteroatoms. The first-order chi connectivity index (χ1) is 7.59. The van der Waals surface area contributed by atoms with Crippen LogP contribution in [0, 0.1) is 11.8 Å². The maximum absolute atomic E-state index is 11.6. The van der Waals surface area contributed by atoms with Crippen LogP contribution in [0.5, 0.6) is 0 Å². The third-order valence-electron chi connectivity index (χ3n) is 2.46. The number of rotatable bonds is 3. The third kappa shape index (κ3) is 2.21. The van der Waals surface area contributed by atoms with Crippen molar-refractivity contribution in [3.63, 3.8) is 0 Å². The highest BCUT2D eigenvalue weighted by atomic mass is 79.9. The number of carboxylic acid groups (broad SMARTS) is 1. The van der Waals surface area contributed by atoms with E-state index in [-0.39, 0.29) is 5.91 Å². The second-order valence-electron chi connectivity index (χ2n) is 3.62. The molecule has 2 atom stereocenters. The fraction of sp³-hybridized carbons (Fsp3) is 0.300. The number of carbonyl (C=O) groups is 2. The Morgan fingerprint density at radius 2 is 2.25 bits per heavy atom. The SMILES string of the molecule is O=C(O)C1CC1C(=O)Nc1cccnc1Br. The molecular weight excluding hydrogens is 276 g/mol. The summed E-state index contributed by atoms with van der Waals surface area (Å²) in [5.41, 5.74) is 0.559. The number of nitrogens with one attached hydrogen (secondary N) is 1. The number of aromatic nitrogens is 1. The molecule has 2 N–H and O–H groups in total. The lowest BCUT2D eigenvalue weighted by Crippen LogP contribution is -2.17. The Labute approximate surface area is 100 Å². The molecule has 1 heterocycles. The van der Waals surface area contributed by atoms with Gasteiger partial charge in [0, 0.05) is 6.20 Å². The average molecular weight is 285 g/mol. The summed E-state index contributed by atoms with van der Waals surface area (Å²) in [5.74, 6) is -2.12. The molecule has 1 aromatic rings. The molecule has 84 valence electrons. The Morgan fingerprint density at radius 3 is 2.81 bits per heavy atom. The molecular formula is C10H9BrN2O3. The van der Waals surface area contributed by atoms with Crippen molar-refractivity contribution < 1.29 is 14.7 Å². The van der Waals surface area contributed by atoms with Gasteiger partial charge in [-0.1, -0.05) is 0 Å². The van der Waals surface area contributed by atoms with Crippen molar-refractivity contribution in [2.75, 3.05) is 5.32 Å². The highest BCUT2D eigenvalue weighted by Crippen LogP contribution is 2.39. The van der Waals surface area contributed by atoms with E-state index < -0.39 is 17.8 Å². The minimum Gasteiger partial charge on any atom is -0.481 e. The first-order valence-corrected chi connectivity index (χ1v) is 5.53. The summed E-state index contributed by atoms with van der Waals surface area (Å²) < 4.78 is 0.538. The van der Waals surface area contributed by atoms with E-state index in [0.717, 1.165) is 0 Å². The van der Waals surface area contributed by atoms with Crippen molar-refractivity contribution >= 4 is 33.5 Å². The van der Waals surface area contributed by atoms with Crippen molar-refractivity contribution in [2.45, 2.75) is 6.42 Å². The van der Waals surface area contributed by atoms with Gasteiger partial charge in [0.2, 0.25) is 5.91 Å². The molecule has 0 saturated heterocycles. The molecule has 0 bridgehead atoms. The van der Waals surface area contributed by atoms with Crippen LogP contribution in [0.25, 0.3) is 0 Å². The Kier molecular flexibility index (Phi) is 2.91. The van der Waals surface area contributed by atoms with Crippen LogP contribution in [0.3, 0.4) is 0 Å². The predicted molar refractivity (Wildman–Crippen MR) is 59.8 cm³/mol. The van der Waals surface area contributed by atoms with E-state index in [1.807, 2.05) is 0 Å². The molecule has 2 rings (SSSR count). The molecule has 0 aromatic carbocycles. The van der Waals surface area contributed by atoms with Crippen molar-refractivity contribution in [3.8, 4) is 0 Å². The standard InChI is InChI=1S/C10H9BrN2O3/c11-8-7(2-1-3-12-8)13-9(14)5-4-6(5)10(15)16/h1-3,5-6H,4H2,(H,13,14)(H,15,16). The second kappa shape index (κ2) is 4.21. The van der Waals surface area contributed by atoms with Gasteiger partial charge in [-0.25, -0.2) is 4.98 Å². The smallest absolute Gasteiger partial charge is 0.307 e. The molecule has 16 heavy (non-hydrogen) atoms. The van der Waals surface area contributed by atoms with Gasteiger partial charge in [0.25, 0.3) is 0 Å². The summed E-state index contributed by atoms with van der Waals surface area (Å²) in [6.45, 7) is 0. The molecule has 1 aromatic heterocycles. The second-order valence-corrected chi connectivity index (χ2v) is 4.37. The number of hydrogen-bond donors (Lipinski definition) is 2. The Bertz CT molecular complexity index is 449. The molecule has 0 spiro atoms. The first kappa shape index (κ1) is 11.1. The van der Waals surface area contributed by atoms with Gasteiger partial charge in [-0.15, -0.1) is 0 Å². The summed E-state index contributed by atoms with van der Waals surface area (Å²) >= 11 is 3.20. The molecule has 1 fully saturated rings. The lowest BCUT2D eigenvalue weighted by Gasteiger charge is -2.05. The van der Waals surface area contributed by atoms with Crippen LogP contribution < -0.4 is 5.32 Å². The highest BCUT2D eigenvalue weighted by Gasteiger charge is 2.48. The van der Waals surface area contributed by atoms with Gasteiger partial charge in [0.15, 0.2) is 0 Å². The van der Waals surface area contributed by atoms with E-state index in [9.17, 15) is 9.59 Å². The fourth-order valence-electron chi connectivity index (χ4n) is 1.46. The van der Waals surface area contributed by atoms with Crippen LogP contribution in [0.1, 0.15) is 6.42 Å². The molecule has 1 amide bonds. The van der Waals surface area contributed by atoms with E-state index >= 15 is 0 Å². The lowest BCUT2D eigenvalue weighted by atomic mass is 10.3. The number of nitrogens with zero attached hydrogens (tertiary/aromatic N) is 1. The van der Waals surface area contributed by atoms with Crippen LogP contribution in [0.15, 0.2) is 22.9 Å². The number of carboxylic acids is 1. The number of aliphatic carboxylic acids is 1. The fourth-order valence-corrected chi connectivity index (χ4v) is 1.81. The van der Waals surface area contributed by atoms with Gasteiger partial charge >= 0.3 is 5.97 Å². The summed E-state index contributed by atoms with van der Waals surface area (Å²) in [6.07, 6.45) is 2.01. The van der Waals surface area contributed by atoms with Gasteiger partial charge in [-0.2, -0.15) is 0 Å².